The van der Waals surface area contributed by atoms with Crippen molar-refractivity contribution in [3.8, 4) is 0 Å². The van der Waals surface area contributed by atoms with Crippen LogP contribution in [0.25, 0.3) is 0 Å². The molecule has 0 radical (unpaired) electrons. The van der Waals surface area contributed by atoms with Gasteiger partial charge in [-0.3, -0.25) is 0 Å². The molecule has 0 N–H and O–H groups in total. The van der Waals surface area contributed by atoms with E-state index in [0.717, 1.165) is 23.9 Å². The summed E-state index contributed by atoms with van der Waals surface area (Å²) in [5.41, 5.74) is 1.27. The number of rotatable bonds is 5. The monoisotopic (exact) mass is 256 g/mol. The molecule has 0 saturated carbocycles. The molecule has 14 heavy (non-hydrogen) atoms. The number of benzene rings is 1. The third kappa shape index (κ3) is 3.43. The van der Waals surface area contributed by atoms with E-state index in [4.69, 9.17) is 4.74 Å². The fourth-order valence-electron chi connectivity index (χ4n) is 1.39. The molecule has 1 nitrogen and oxygen atoms in total. The fraction of sp³-hybridized carbons (Fsp3) is 0.500. The van der Waals surface area contributed by atoms with Crippen LogP contribution in [-0.4, -0.2) is 6.61 Å². The van der Waals surface area contributed by atoms with Crippen LogP contribution in [0.15, 0.2) is 28.7 Å². The zero-order valence-electron chi connectivity index (χ0n) is 8.79. The molecule has 0 aliphatic rings. The second-order valence-electron chi connectivity index (χ2n) is 3.32. The van der Waals surface area contributed by atoms with Crippen molar-refractivity contribution in [2.75, 3.05) is 6.61 Å². The number of hydrogen-bond acceptors (Lipinski definition) is 1. The lowest BCUT2D eigenvalue weighted by molar-refractivity contribution is 0.0504. The molecule has 0 bridgehead atoms. The van der Waals surface area contributed by atoms with Crippen LogP contribution in [0.5, 0.6) is 0 Å². The summed E-state index contributed by atoms with van der Waals surface area (Å²) in [7, 11) is 0. The van der Waals surface area contributed by atoms with Gasteiger partial charge in [-0.05, 0) is 30.5 Å². The molecule has 1 rings (SSSR count). The third-order valence-corrected chi connectivity index (χ3v) is 2.66. The van der Waals surface area contributed by atoms with Crippen molar-refractivity contribution in [1.82, 2.24) is 0 Å². The summed E-state index contributed by atoms with van der Waals surface area (Å²) in [6.07, 6.45) is 2.36. The van der Waals surface area contributed by atoms with Gasteiger partial charge in [0.1, 0.15) is 0 Å². The Balaban J connectivity index is 2.64. The normalized spacial score (nSPS) is 12.8. The Morgan fingerprint density at radius 3 is 2.36 bits per heavy atom. The summed E-state index contributed by atoms with van der Waals surface area (Å²) in [5, 5.41) is 0. The topological polar surface area (TPSA) is 9.23 Å². The van der Waals surface area contributed by atoms with E-state index in [1.165, 1.54) is 5.56 Å². The molecule has 0 heterocycles. The van der Waals surface area contributed by atoms with E-state index in [-0.39, 0.29) is 6.10 Å². The van der Waals surface area contributed by atoms with Gasteiger partial charge < -0.3 is 4.74 Å². The van der Waals surface area contributed by atoms with Gasteiger partial charge in [-0.25, -0.2) is 0 Å². The first-order chi connectivity index (χ1) is 6.77. The maximum Gasteiger partial charge on any atom is 0.0822 e. The van der Waals surface area contributed by atoms with Crippen molar-refractivity contribution >= 4 is 15.9 Å². The Bertz CT molecular complexity index is 256. The van der Waals surface area contributed by atoms with E-state index in [1.54, 1.807) is 0 Å². The molecular weight excluding hydrogens is 240 g/mol. The summed E-state index contributed by atoms with van der Waals surface area (Å²) in [6, 6.07) is 8.36. The van der Waals surface area contributed by atoms with Crippen LogP contribution in [-0.2, 0) is 4.74 Å². The van der Waals surface area contributed by atoms with Crippen LogP contribution in [0.1, 0.15) is 38.4 Å². The van der Waals surface area contributed by atoms with E-state index >= 15 is 0 Å². The number of hydrogen-bond donors (Lipinski definition) is 0. The predicted octanol–water partition coefficient (Wildman–Crippen LogP) is 4.33. The lowest BCUT2D eigenvalue weighted by Crippen LogP contribution is -2.03. The fourth-order valence-corrected chi connectivity index (χ4v) is 1.65. The zero-order valence-corrected chi connectivity index (χ0v) is 10.4. The molecule has 0 spiro atoms. The van der Waals surface area contributed by atoms with Crippen molar-refractivity contribution in [3.05, 3.63) is 34.3 Å². The maximum absolute atomic E-state index is 5.75. The largest absolute Gasteiger partial charge is 0.374 e. The minimum atomic E-state index is 0.253. The van der Waals surface area contributed by atoms with Crippen LogP contribution in [0, 0.1) is 0 Å². The van der Waals surface area contributed by atoms with Crippen LogP contribution in [0.3, 0.4) is 0 Å². The van der Waals surface area contributed by atoms with Gasteiger partial charge in [-0.15, -0.1) is 0 Å². The predicted molar refractivity (Wildman–Crippen MR) is 63.4 cm³/mol. The molecule has 0 aliphatic carbocycles. The Morgan fingerprint density at radius 2 is 1.86 bits per heavy atom. The molecular formula is C12H17BrO. The minimum Gasteiger partial charge on any atom is -0.374 e. The average Bonchev–Trinajstić information content (AvgIpc) is 2.21. The maximum atomic E-state index is 5.75. The van der Waals surface area contributed by atoms with E-state index in [1.807, 2.05) is 0 Å². The van der Waals surface area contributed by atoms with Gasteiger partial charge in [-0.2, -0.15) is 0 Å². The number of ether oxygens (including phenoxy) is 1. The van der Waals surface area contributed by atoms with Crippen molar-refractivity contribution < 1.29 is 4.74 Å². The molecule has 1 atom stereocenters. The SMILES string of the molecule is CCCO[C@H](CC)c1ccc(Br)cc1. The van der Waals surface area contributed by atoms with Gasteiger partial charge in [0, 0.05) is 11.1 Å². The smallest absolute Gasteiger partial charge is 0.0822 e. The van der Waals surface area contributed by atoms with Crippen molar-refractivity contribution in [2.24, 2.45) is 0 Å². The highest BCUT2D eigenvalue weighted by Crippen LogP contribution is 2.22. The molecule has 0 fully saturated rings. The first-order valence-corrected chi connectivity index (χ1v) is 5.94. The van der Waals surface area contributed by atoms with Gasteiger partial charge in [-0.1, -0.05) is 41.9 Å². The molecule has 1 aromatic rings. The van der Waals surface area contributed by atoms with Crippen LogP contribution in [0.4, 0.5) is 0 Å². The Kier molecular flexibility index (Phi) is 5.20. The minimum absolute atomic E-state index is 0.253. The van der Waals surface area contributed by atoms with Crippen molar-refractivity contribution in [2.45, 2.75) is 32.8 Å². The summed E-state index contributed by atoms with van der Waals surface area (Å²) in [4.78, 5) is 0. The summed E-state index contributed by atoms with van der Waals surface area (Å²) in [6.45, 7) is 5.13. The average molecular weight is 257 g/mol. The van der Waals surface area contributed by atoms with Gasteiger partial charge in [0.15, 0.2) is 0 Å². The van der Waals surface area contributed by atoms with Crippen molar-refractivity contribution in [1.29, 1.82) is 0 Å². The van der Waals surface area contributed by atoms with E-state index in [0.29, 0.717) is 0 Å². The van der Waals surface area contributed by atoms with Gasteiger partial charge in [0.25, 0.3) is 0 Å². The second-order valence-corrected chi connectivity index (χ2v) is 4.23. The number of halogens is 1. The molecule has 1 aromatic carbocycles. The van der Waals surface area contributed by atoms with Crippen LogP contribution < -0.4 is 0 Å². The van der Waals surface area contributed by atoms with Crippen molar-refractivity contribution in [3.63, 3.8) is 0 Å². The van der Waals surface area contributed by atoms with Gasteiger partial charge >= 0.3 is 0 Å². The van der Waals surface area contributed by atoms with E-state index in [9.17, 15) is 0 Å². The Hall–Kier alpha value is -0.340. The van der Waals surface area contributed by atoms with Crippen LogP contribution in [0.2, 0.25) is 0 Å². The van der Waals surface area contributed by atoms with E-state index < -0.39 is 0 Å². The lowest BCUT2D eigenvalue weighted by atomic mass is 10.1. The molecule has 0 amide bonds. The first-order valence-electron chi connectivity index (χ1n) is 5.15. The van der Waals surface area contributed by atoms with E-state index in [2.05, 4.69) is 54.0 Å². The highest BCUT2D eigenvalue weighted by atomic mass is 79.9. The zero-order chi connectivity index (χ0) is 10.4. The molecule has 0 aromatic heterocycles. The summed E-state index contributed by atoms with van der Waals surface area (Å²) in [5.74, 6) is 0. The second kappa shape index (κ2) is 6.20. The molecule has 0 aliphatic heterocycles. The van der Waals surface area contributed by atoms with Gasteiger partial charge in [0.05, 0.1) is 6.10 Å². The van der Waals surface area contributed by atoms with Gasteiger partial charge in [0.2, 0.25) is 0 Å². The van der Waals surface area contributed by atoms with Crippen LogP contribution >= 0.6 is 15.9 Å². The lowest BCUT2D eigenvalue weighted by Gasteiger charge is -2.15. The molecule has 0 unspecified atom stereocenters. The Labute approximate surface area is 94.6 Å². The molecule has 78 valence electrons. The standard InChI is InChI=1S/C12H17BrO/c1-3-9-14-12(4-2)10-5-7-11(13)8-6-10/h5-8,12H,3-4,9H2,1-2H3/t12-/m1/s1. The third-order valence-electron chi connectivity index (χ3n) is 2.14. The molecule has 2 heteroatoms. The quantitative estimate of drug-likeness (QED) is 0.763. The highest BCUT2D eigenvalue weighted by Gasteiger charge is 2.08. The Morgan fingerprint density at radius 1 is 1.21 bits per heavy atom. The summed E-state index contributed by atoms with van der Waals surface area (Å²) < 4.78 is 6.87. The first kappa shape index (κ1) is 11.7. The highest BCUT2D eigenvalue weighted by molar-refractivity contribution is 9.10. The molecule has 0 saturated heterocycles. The summed E-state index contributed by atoms with van der Waals surface area (Å²) >= 11 is 3.43.